The molecule has 0 amide bonds. The number of hydrogen-bond donors (Lipinski definition) is 2. The largest absolute Gasteiger partial charge is 0.493 e. The molecule has 3 heteroatoms. The van der Waals surface area contributed by atoms with Gasteiger partial charge in [0.15, 0.2) is 0 Å². The predicted molar refractivity (Wildman–Crippen MR) is 82.2 cm³/mol. The average Bonchev–Trinajstić information content (AvgIpc) is 2.45. The van der Waals surface area contributed by atoms with Gasteiger partial charge in [-0.05, 0) is 56.3 Å². The monoisotopic (exact) mass is 277 g/mol. The first-order valence-corrected chi connectivity index (χ1v) is 7.88. The highest BCUT2D eigenvalue weighted by Crippen LogP contribution is 2.35. The molecule has 1 aliphatic rings. The van der Waals surface area contributed by atoms with Crippen LogP contribution in [0, 0.1) is 0 Å². The smallest absolute Gasteiger partial charge is 0.122 e. The standard InChI is InChI=1S/C17H27NO2/c1-3-11-18-16-8-4-7-15-14(16)6-5-9-17(15)20-12-10-13(2)19/h5-6,9,13,16,18-19H,3-4,7-8,10-12H2,1-2H3. The van der Waals surface area contributed by atoms with Gasteiger partial charge >= 0.3 is 0 Å². The summed E-state index contributed by atoms with van der Waals surface area (Å²) in [5.74, 6) is 1.01. The van der Waals surface area contributed by atoms with Crippen LogP contribution in [-0.4, -0.2) is 24.4 Å². The normalized spacial score (nSPS) is 19.4. The minimum absolute atomic E-state index is 0.298. The zero-order valence-electron chi connectivity index (χ0n) is 12.7. The van der Waals surface area contributed by atoms with E-state index in [0.717, 1.165) is 25.1 Å². The molecule has 0 radical (unpaired) electrons. The number of aliphatic hydroxyl groups excluding tert-OH is 1. The molecule has 112 valence electrons. The maximum Gasteiger partial charge on any atom is 0.122 e. The summed E-state index contributed by atoms with van der Waals surface area (Å²) in [7, 11) is 0. The Morgan fingerprint density at radius 1 is 1.45 bits per heavy atom. The lowest BCUT2D eigenvalue weighted by Gasteiger charge is -2.28. The van der Waals surface area contributed by atoms with Crippen LogP contribution in [0.3, 0.4) is 0 Å². The first-order chi connectivity index (χ1) is 9.72. The van der Waals surface area contributed by atoms with Crippen molar-refractivity contribution in [2.75, 3.05) is 13.2 Å². The average molecular weight is 277 g/mol. The van der Waals surface area contributed by atoms with Crippen LogP contribution in [0.1, 0.15) is 56.7 Å². The van der Waals surface area contributed by atoms with Crippen LogP contribution >= 0.6 is 0 Å². The second-order valence-corrected chi connectivity index (χ2v) is 5.71. The van der Waals surface area contributed by atoms with E-state index in [2.05, 4.69) is 30.4 Å². The number of benzene rings is 1. The summed E-state index contributed by atoms with van der Waals surface area (Å²) in [5.41, 5.74) is 2.76. The lowest BCUT2D eigenvalue weighted by atomic mass is 9.87. The molecule has 2 rings (SSSR count). The van der Waals surface area contributed by atoms with E-state index in [4.69, 9.17) is 4.74 Å². The molecule has 20 heavy (non-hydrogen) atoms. The van der Waals surface area contributed by atoms with E-state index < -0.39 is 0 Å². The number of fused-ring (bicyclic) bond motifs is 1. The Morgan fingerprint density at radius 3 is 3.05 bits per heavy atom. The van der Waals surface area contributed by atoms with Crippen LogP contribution in [0.25, 0.3) is 0 Å². The fourth-order valence-corrected chi connectivity index (χ4v) is 2.82. The Labute approximate surface area is 122 Å². The topological polar surface area (TPSA) is 41.5 Å². The van der Waals surface area contributed by atoms with E-state index in [0.29, 0.717) is 19.1 Å². The zero-order valence-corrected chi connectivity index (χ0v) is 12.7. The summed E-state index contributed by atoms with van der Waals surface area (Å²) in [4.78, 5) is 0. The molecule has 0 saturated carbocycles. The molecule has 0 saturated heterocycles. The van der Waals surface area contributed by atoms with E-state index in [1.165, 1.54) is 24.0 Å². The van der Waals surface area contributed by atoms with Crippen LogP contribution in [-0.2, 0) is 6.42 Å². The highest BCUT2D eigenvalue weighted by atomic mass is 16.5. The van der Waals surface area contributed by atoms with Gasteiger partial charge in [-0.2, -0.15) is 0 Å². The maximum atomic E-state index is 9.32. The second-order valence-electron chi connectivity index (χ2n) is 5.71. The quantitative estimate of drug-likeness (QED) is 0.804. The van der Waals surface area contributed by atoms with Crippen molar-refractivity contribution in [2.24, 2.45) is 0 Å². The molecule has 0 aromatic heterocycles. The molecule has 2 N–H and O–H groups in total. The van der Waals surface area contributed by atoms with Gasteiger partial charge in [-0.25, -0.2) is 0 Å². The Bertz CT molecular complexity index is 417. The third kappa shape index (κ3) is 3.97. The number of hydrogen-bond acceptors (Lipinski definition) is 3. The molecule has 1 aromatic rings. The van der Waals surface area contributed by atoms with Crippen molar-refractivity contribution in [3.05, 3.63) is 29.3 Å². The second kappa shape index (κ2) is 7.65. The van der Waals surface area contributed by atoms with Gasteiger partial charge in [-0.15, -0.1) is 0 Å². The number of nitrogens with one attached hydrogen (secondary N) is 1. The molecule has 3 nitrogen and oxygen atoms in total. The molecule has 1 aliphatic carbocycles. The minimum Gasteiger partial charge on any atom is -0.493 e. The molecule has 0 spiro atoms. The van der Waals surface area contributed by atoms with Gasteiger partial charge in [0, 0.05) is 12.5 Å². The Morgan fingerprint density at radius 2 is 2.30 bits per heavy atom. The lowest BCUT2D eigenvalue weighted by molar-refractivity contribution is 0.155. The van der Waals surface area contributed by atoms with Gasteiger partial charge in [0.1, 0.15) is 5.75 Å². The van der Waals surface area contributed by atoms with Crippen molar-refractivity contribution < 1.29 is 9.84 Å². The SMILES string of the molecule is CCCNC1CCCc2c(OCCC(C)O)cccc21. The molecule has 1 aromatic carbocycles. The van der Waals surface area contributed by atoms with E-state index in [1.54, 1.807) is 6.92 Å². The molecular weight excluding hydrogens is 250 g/mol. The fraction of sp³-hybridized carbons (Fsp3) is 0.647. The molecular formula is C17H27NO2. The van der Waals surface area contributed by atoms with E-state index >= 15 is 0 Å². The molecule has 2 atom stereocenters. The highest BCUT2D eigenvalue weighted by molar-refractivity contribution is 5.43. The van der Waals surface area contributed by atoms with Crippen molar-refractivity contribution in [1.82, 2.24) is 5.32 Å². The summed E-state index contributed by atoms with van der Waals surface area (Å²) in [5, 5.41) is 13.0. The van der Waals surface area contributed by atoms with Crippen LogP contribution in [0.2, 0.25) is 0 Å². The van der Waals surface area contributed by atoms with Gasteiger partial charge in [0.2, 0.25) is 0 Å². The first kappa shape index (κ1) is 15.3. The van der Waals surface area contributed by atoms with Crippen molar-refractivity contribution in [1.29, 1.82) is 0 Å². The number of rotatable bonds is 7. The third-order valence-corrected chi connectivity index (χ3v) is 3.90. The van der Waals surface area contributed by atoms with Gasteiger partial charge in [-0.1, -0.05) is 19.1 Å². The Hall–Kier alpha value is -1.06. The lowest BCUT2D eigenvalue weighted by Crippen LogP contribution is -2.26. The molecule has 0 aliphatic heterocycles. The summed E-state index contributed by atoms with van der Waals surface area (Å²) < 4.78 is 5.88. The van der Waals surface area contributed by atoms with Gasteiger partial charge in [-0.3, -0.25) is 0 Å². The molecule has 2 unspecified atom stereocenters. The molecule has 0 fully saturated rings. The van der Waals surface area contributed by atoms with Crippen LogP contribution in [0.5, 0.6) is 5.75 Å². The minimum atomic E-state index is -0.298. The van der Waals surface area contributed by atoms with Gasteiger partial charge in [0.25, 0.3) is 0 Å². The number of ether oxygens (including phenoxy) is 1. The molecule has 0 heterocycles. The van der Waals surface area contributed by atoms with Crippen LogP contribution in [0.4, 0.5) is 0 Å². The Kier molecular flexibility index (Phi) is 5.86. The highest BCUT2D eigenvalue weighted by Gasteiger charge is 2.22. The summed E-state index contributed by atoms with van der Waals surface area (Å²) >= 11 is 0. The van der Waals surface area contributed by atoms with Crippen molar-refractivity contribution in [3.8, 4) is 5.75 Å². The van der Waals surface area contributed by atoms with Crippen LogP contribution < -0.4 is 10.1 Å². The fourth-order valence-electron chi connectivity index (χ4n) is 2.82. The predicted octanol–water partition coefficient (Wildman–Crippen LogP) is 3.21. The van der Waals surface area contributed by atoms with E-state index in [1.807, 2.05) is 0 Å². The van der Waals surface area contributed by atoms with Crippen molar-refractivity contribution in [2.45, 2.75) is 58.1 Å². The van der Waals surface area contributed by atoms with Crippen molar-refractivity contribution >= 4 is 0 Å². The zero-order chi connectivity index (χ0) is 14.4. The van der Waals surface area contributed by atoms with E-state index in [-0.39, 0.29) is 6.10 Å². The molecule has 0 bridgehead atoms. The maximum absolute atomic E-state index is 9.32. The van der Waals surface area contributed by atoms with E-state index in [9.17, 15) is 5.11 Å². The number of aliphatic hydroxyl groups is 1. The summed E-state index contributed by atoms with van der Waals surface area (Å²) in [6, 6.07) is 6.84. The Balaban J connectivity index is 2.07. The third-order valence-electron chi connectivity index (χ3n) is 3.90. The summed E-state index contributed by atoms with van der Waals surface area (Å²) in [6.07, 6.45) is 5.07. The first-order valence-electron chi connectivity index (χ1n) is 7.88. The van der Waals surface area contributed by atoms with Gasteiger partial charge < -0.3 is 15.2 Å². The van der Waals surface area contributed by atoms with Crippen LogP contribution in [0.15, 0.2) is 18.2 Å². The van der Waals surface area contributed by atoms with Crippen molar-refractivity contribution in [3.63, 3.8) is 0 Å². The summed E-state index contributed by atoms with van der Waals surface area (Å²) in [6.45, 7) is 5.65. The van der Waals surface area contributed by atoms with Gasteiger partial charge in [0.05, 0.1) is 12.7 Å².